The highest BCUT2D eigenvalue weighted by atomic mass is 32.1. The Balaban J connectivity index is 1.55. The summed E-state index contributed by atoms with van der Waals surface area (Å²) >= 11 is 1.12. The molecule has 1 aliphatic heterocycles. The van der Waals surface area contributed by atoms with Crippen LogP contribution in [0.1, 0.15) is 23.6 Å². The first-order valence-electron chi connectivity index (χ1n) is 11.0. The Hall–Kier alpha value is -4.04. The number of benzene rings is 3. The van der Waals surface area contributed by atoms with Gasteiger partial charge in [-0.25, -0.2) is 9.37 Å². The molecule has 1 unspecified atom stereocenters. The molecule has 35 heavy (non-hydrogen) atoms. The second-order valence-electron chi connectivity index (χ2n) is 8.13. The number of anilines is 1. The van der Waals surface area contributed by atoms with Gasteiger partial charge in [-0.15, -0.1) is 0 Å². The van der Waals surface area contributed by atoms with Gasteiger partial charge >= 0.3 is 0 Å². The van der Waals surface area contributed by atoms with E-state index in [2.05, 4.69) is 4.98 Å². The highest BCUT2D eigenvalue weighted by Gasteiger charge is 2.45. The zero-order valence-electron chi connectivity index (χ0n) is 18.8. The first kappa shape index (κ1) is 22.7. The number of Topliss-reactive ketones (excluding diaryl/α,β-unsaturated/α-hetero) is 1. The maximum Gasteiger partial charge on any atom is 0.296 e. The number of carbonyl (C=O) groups is 2. The normalized spacial score (nSPS) is 15.8. The zero-order chi connectivity index (χ0) is 24.5. The number of nitrogens with zero attached hydrogens (tertiary/aromatic N) is 2. The largest absolute Gasteiger partial charge is 0.503 e. The molecule has 6 nitrogen and oxygen atoms in total. The van der Waals surface area contributed by atoms with Crippen molar-refractivity contribution in [2.45, 2.75) is 18.9 Å². The first-order chi connectivity index (χ1) is 17.0. The molecule has 2 heterocycles. The lowest BCUT2D eigenvalue weighted by Gasteiger charge is -2.24. The number of aliphatic hydroxyl groups excluding tert-OH is 1. The zero-order valence-corrected chi connectivity index (χ0v) is 19.6. The molecule has 1 atom stereocenters. The molecule has 4 aromatic rings. The predicted octanol–water partition coefficient (Wildman–Crippen LogP) is 5.55. The van der Waals surface area contributed by atoms with Gasteiger partial charge in [0.15, 0.2) is 16.7 Å². The number of carbonyl (C=O) groups excluding carboxylic acids is 2. The lowest BCUT2D eigenvalue weighted by atomic mass is 9.93. The summed E-state index contributed by atoms with van der Waals surface area (Å²) in [5.74, 6) is -1.42. The third-order valence-corrected chi connectivity index (χ3v) is 6.99. The highest BCUT2D eigenvalue weighted by molar-refractivity contribution is 7.22. The van der Waals surface area contributed by atoms with Crippen LogP contribution in [0, 0.1) is 5.82 Å². The van der Waals surface area contributed by atoms with Gasteiger partial charge in [-0.2, -0.15) is 0 Å². The van der Waals surface area contributed by atoms with Crippen molar-refractivity contribution < 1.29 is 23.8 Å². The number of rotatable bonds is 7. The average Bonchev–Trinajstić information content (AvgIpc) is 3.41. The van der Waals surface area contributed by atoms with Gasteiger partial charge in [0.05, 0.1) is 28.9 Å². The van der Waals surface area contributed by atoms with Crippen LogP contribution in [0.4, 0.5) is 9.52 Å². The molecule has 176 valence electrons. The number of aromatic nitrogens is 1. The minimum atomic E-state index is -0.873. The molecule has 3 aromatic carbocycles. The number of aliphatic hydroxyl groups is 1. The second-order valence-corrected chi connectivity index (χ2v) is 9.14. The van der Waals surface area contributed by atoms with E-state index in [-0.39, 0.29) is 22.9 Å². The number of ketones is 1. The third kappa shape index (κ3) is 4.28. The Morgan fingerprint density at radius 1 is 1.11 bits per heavy atom. The van der Waals surface area contributed by atoms with E-state index >= 15 is 0 Å². The Labute approximate surface area is 204 Å². The van der Waals surface area contributed by atoms with Crippen LogP contribution in [0.2, 0.25) is 0 Å². The molecule has 0 aliphatic carbocycles. The number of fused-ring (bicyclic) bond motifs is 1. The first-order valence-corrected chi connectivity index (χ1v) is 11.8. The number of ether oxygens (including phenoxy) is 1. The van der Waals surface area contributed by atoms with Crippen LogP contribution < -0.4 is 9.64 Å². The van der Waals surface area contributed by atoms with E-state index in [1.807, 2.05) is 30.3 Å². The molecule has 0 spiro atoms. The van der Waals surface area contributed by atoms with E-state index in [1.165, 1.54) is 23.1 Å². The summed E-state index contributed by atoms with van der Waals surface area (Å²) in [5, 5.41) is 11.1. The minimum absolute atomic E-state index is 0.0292. The van der Waals surface area contributed by atoms with Gasteiger partial charge in [0.1, 0.15) is 11.6 Å². The van der Waals surface area contributed by atoms with Gasteiger partial charge in [-0.1, -0.05) is 53.8 Å². The van der Waals surface area contributed by atoms with Gasteiger partial charge in [0, 0.05) is 6.42 Å². The topological polar surface area (TPSA) is 79.7 Å². The van der Waals surface area contributed by atoms with E-state index in [9.17, 15) is 19.1 Å². The summed E-state index contributed by atoms with van der Waals surface area (Å²) in [6, 6.07) is 19.8. The van der Waals surface area contributed by atoms with E-state index in [0.717, 1.165) is 16.9 Å². The Morgan fingerprint density at radius 3 is 2.57 bits per heavy atom. The fourth-order valence-electron chi connectivity index (χ4n) is 4.22. The van der Waals surface area contributed by atoms with Crippen LogP contribution in [0.25, 0.3) is 10.2 Å². The van der Waals surface area contributed by atoms with Crippen molar-refractivity contribution in [2.75, 3.05) is 12.0 Å². The fraction of sp³-hybridized carbons (Fsp3) is 0.148. The monoisotopic (exact) mass is 488 g/mol. The Bertz CT molecular complexity index is 1450. The van der Waals surface area contributed by atoms with Crippen molar-refractivity contribution in [3.8, 4) is 5.75 Å². The highest BCUT2D eigenvalue weighted by Crippen LogP contribution is 2.44. The summed E-state index contributed by atoms with van der Waals surface area (Å²) in [4.78, 5) is 32.5. The van der Waals surface area contributed by atoms with Gasteiger partial charge in [-0.05, 0) is 47.9 Å². The van der Waals surface area contributed by atoms with Crippen molar-refractivity contribution in [1.82, 2.24) is 4.98 Å². The molecule has 8 heteroatoms. The molecule has 0 bridgehead atoms. The van der Waals surface area contributed by atoms with Crippen LogP contribution in [0.5, 0.6) is 5.75 Å². The second kappa shape index (κ2) is 9.31. The van der Waals surface area contributed by atoms with Gasteiger partial charge < -0.3 is 9.84 Å². The SMILES string of the molecule is COc1ccc(C2C(C(=O)CCc3ccccc3)=C(O)C(=O)N2c2nc3ccc(F)cc3s2)cc1. The van der Waals surface area contributed by atoms with E-state index < -0.39 is 23.5 Å². The van der Waals surface area contributed by atoms with Crippen molar-refractivity contribution >= 4 is 38.4 Å². The molecular formula is C27H21FN2O4S. The summed E-state index contributed by atoms with van der Waals surface area (Å²) in [5.41, 5.74) is 2.16. The molecule has 1 aliphatic rings. The molecule has 5 rings (SSSR count). The van der Waals surface area contributed by atoms with Gasteiger partial charge in [0.25, 0.3) is 5.91 Å². The molecule has 0 saturated heterocycles. The van der Waals surface area contributed by atoms with Crippen molar-refractivity contribution in [2.24, 2.45) is 0 Å². The van der Waals surface area contributed by atoms with Gasteiger partial charge in [-0.3, -0.25) is 14.5 Å². The molecule has 0 fully saturated rings. The predicted molar refractivity (Wildman–Crippen MR) is 132 cm³/mol. The number of hydrogen-bond acceptors (Lipinski definition) is 6. The summed E-state index contributed by atoms with van der Waals surface area (Å²) < 4.78 is 19.6. The third-order valence-electron chi connectivity index (χ3n) is 5.97. The number of halogens is 1. The van der Waals surface area contributed by atoms with Crippen LogP contribution in [0.3, 0.4) is 0 Å². The standard InChI is InChI=1S/C27H21FN2O4S/c1-34-19-11-8-17(9-12-19)24-23(21(31)14-7-16-5-3-2-4-6-16)25(32)26(33)30(24)27-29-20-13-10-18(28)15-22(20)35-27/h2-6,8-13,15,24,32H,7,14H2,1H3. The van der Waals surface area contributed by atoms with Gasteiger partial charge in [0.2, 0.25) is 0 Å². The van der Waals surface area contributed by atoms with Crippen LogP contribution in [0.15, 0.2) is 84.1 Å². The summed E-state index contributed by atoms with van der Waals surface area (Å²) in [6.07, 6.45) is 0.600. The molecular weight excluding hydrogens is 467 g/mol. The number of methoxy groups -OCH3 is 1. The summed E-state index contributed by atoms with van der Waals surface area (Å²) in [7, 11) is 1.55. The number of aryl methyl sites for hydroxylation is 1. The molecule has 0 radical (unpaired) electrons. The quantitative estimate of drug-likeness (QED) is 0.369. The average molecular weight is 489 g/mol. The van der Waals surface area contributed by atoms with Crippen molar-refractivity contribution in [3.05, 3.63) is 101 Å². The van der Waals surface area contributed by atoms with E-state index in [4.69, 9.17) is 4.74 Å². The maximum absolute atomic E-state index is 13.8. The molecule has 1 aromatic heterocycles. The Kier molecular flexibility index (Phi) is 6.05. The maximum atomic E-state index is 13.8. The van der Waals surface area contributed by atoms with Crippen molar-refractivity contribution in [3.63, 3.8) is 0 Å². The summed E-state index contributed by atoms with van der Waals surface area (Å²) in [6.45, 7) is 0. The van der Waals surface area contributed by atoms with Crippen LogP contribution >= 0.6 is 11.3 Å². The minimum Gasteiger partial charge on any atom is -0.503 e. The van der Waals surface area contributed by atoms with Crippen LogP contribution in [-0.2, 0) is 16.0 Å². The molecule has 1 N–H and O–H groups in total. The Morgan fingerprint density at radius 2 is 1.86 bits per heavy atom. The van der Waals surface area contributed by atoms with Crippen molar-refractivity contribution in [1.29, 1.82) is 0 Å². The number of thiazole rings is 1. The fourth-order valence-corrected chi connectivity index (χ4v) is 5.23. The van der Waals surface area contributed by atoms with E-state index in [0.29, 0.717) is 28.0 Å². The molecule has 1 amide bonds. The number of hydrogen-bond donors (Lipinski definition) is 1. The smallest absolute Gasteiger partial charge is 0.296 e. The molecule has 0 saturated carbocycles. The number of amides is 1. The van der Waals surface area contributed by atoms with Crippen LogP contribution in [-0.4, -0.2) is 28.9 Å². The lowest BCUT2D eigenvalue weighted by molar-refractivity contribution is -0.118. The lowest BCUT2D eigenvalue weighted by Crippen LogP contribution is -2.31. The van der Waals surface area contributed by atoms with E-state index in [1.54, 1.807) is 31.4 Å².